The van der Waals surface area contributed by atoms with Crippen molar-refractivity contribution < 1.29 is 4.79 Å². The first-order chi connectivity index (χ1) is 10.6. The Hall–Kier alpha value is -1.87. The number of rotatable bonds is 6. The average Bonchev–Trinajstić information content (AvgIpc) is 3.03. The minimum Gasteiger partial charge on any atom is -0.335 e. The predicted octanol–water partition coefficient (Wildman–Crippen LogP) is 3.25. The van der Waals surface area contributed by atoms with E-state index in [4.69, 9.17) is 0 Å². The number of benzene rings is 1. The van der Waals surface area contributed by atoms with Crippen molar-refractivity contribution in [2.75, 3.05) is 19.6 Å². The molecule has 0 bridgehead atoms. The summed E-state index contributed by atoms with van der Waals surface area (Å²) in [4.78, 5) is 14.8. The van der Waals surface area contributed by atoms with Gasteiger partial charge in [-0.2, -0.15) is 0 Å². The Labute approximate surface area is 133 Å². The van der Waals surface area contributed by atoms with Crippen molar-refractivity contribution >= 4 is 11.5 Å². The zero-order valence-electron chi connectivity index (χ0n) is 13.6. The highest BCUT2D eigenvalue weighted by atomic mass is 16.2. The molecule has 2 rings (SSSR count). The molecule has 1 aromatic carbocycles. The second-order valence-corrected chi connectivity index (χ2v) is 5.93. The van der Waals surface area contributed by atoms with Gasteiger partial charge in [0.2, 0.25) is 0 Å². The maximum absolute atomic E-state index is 13.0. The Morgan fingerprint density at radius 2 is 2.14 bits per heavy atom. The Morgan fingerprint density at radius 3 is 2.68 bits per heavy atom. The molecule has 1 aliphatic heterocycles. The molecule has 0 spiro atoms. The first-order valence-corrected chi connectivity index (χ1v) is 8.06. The zero-order valence-corrected chi connectivity index (χ0v) is 13.6. The summed E-state index contributed by atoms with van der Waals surface area (Å²) < 4.78 is 0. The van der Waals surface area contributed by atoms with E-state index in [1.165, 1.54) is 6.42 Å². The highest BCUT2D eigenvalue weighted by Gasteiger charge is 2.21. The van der Waals surface area contributed by atoms with Crippen LogP contribution in [0.3, 0.4) is 0 Å². The fraction of sp³-hybridized carbons (Fsp3) is 0.421. The standard InChI is InChI=1S/C19H26N2O/c1-4-21(14-15(2)3)19(22)18(13-17-11-8-12-20-17)16-9-6-5-7-10-16/h5-7,9-10,13,17,20H,2,4,8,11-12,14H2,1,3H3/b18-13-. The molecule has 1 aromatic rings. The first kappa shape index (κ1) is 16.5. The summed E-state index contributed by atoms with van der Waals surface area (Å²) in [6, 6.07) is 10.2. The maximum Gasteiger partial charge on any atom is 0.254 e. The van der Waals surface area contributed by atoms with Crippen molar-refractivity contribution in [3.8, 4) is 0 Å². The van der Waals surface area contributed by atoms with Gasteiger partial charge in [-0.25, -0.2) is 0 Å². The van der Waals surface area contributed by atoms with Crippen molar-refractivity contribution in [3.05, 3.63) is 54.1 Å². The monoisotopic (exact) mass is 298 g/mol. The normalized spacial score (nSPS) is 18.3. The zero-order chi connectivity index (χ0) is 15.9. The van der Waals surface area contributed by atoms with Gasteiger partial charge >= 0.3 is 0 Å². The van der Waals surface area contributed by atoms with E-state index in [9.17, 15) is 4.79 Å². The Morgan fingerprint density at radius 1 is 1.41 bits per heavy atom. The summed E-state index contributed by atoms with van der Waals surface area (Å²) in [6.45, 7) is 10.2. The lowest BCUT2D eigenvalue weighted by Crippen LogP contribution is -2.33. The van der Waals surface area contributed by atoms with Crippen LogP contribution in [0.1, 0.15) is 32.3 Å². The second-order valence-electron chi connectivity index (χ2n) is 5.93. The Balaban J connectivity index is 2.30. The molecule has 1 saturated heterocycles. The average molecular weight is 298 g/mol. The number of hydrogen-bond acceptors (Lipinski definition) is 2. The molecule has 3 heteroatoms. The van der Waals surface area contributed by atoms with Gasteiger partial charge in [-0.05, 0) is 38.8 Å². The molecule has 1 N–H and O–H groups in total. The maximum atomic E-state index is 13.0. The number of carbonyl (C=O) groups is 1. The topological polar surface area (TPSA) is 32.3 Å². The molecular formula is C19H26N2O. The number of amides is 1. The summed E-state index contributed by atoms with van der Waals surface area (Å²) in [5.41, 5.74) is 2.78. The quantitative estimate of drug-likeness (QED) is 0.646. The third kappa shape index (κ3) is 4.31. The van der Waals surface area contributed by atoms with Crippen molar-refractivity contribution in [1.82, 2.24) is 10.2 Å². The molecule has 1 fully saturated rings. The van der Waals surface area contributed by atoms with Crippen LogP contribution in [0.4, 0.5) is 0 Å². The summed E-state index contributed by atoms with van der Waals surface area (Å²) in [5.74, 6) is 0.0883. The van der Waals surface area contributed by atoms with Crippen molar-refractivity contribution in [2.24, 2.45) is 0 Å². The van der Waals surface area contributed by atoms with Gasteiger partial charge in [0, 0.05) is 24.7 Å². The SMILES string of the molecule is C=C(C)CN(CC)C(=O)/C(=C\C1CCCN1)c1ccccc1. The molecule has 3 nitrogen and oxygen atoms in total. The van der Waals surface area contributed by atoms with E-state index in [1.54, 1.807) is 0 Å². The fourth-order valence-corrected chi connectivity index (χ4v) is 2.79. The van der Waals surface area contributed by atoms with E-state index in [-0.39, 0.29) is 5.91 Å². The van der Waals surface area contributed by atoms with Crippen LogP contribution in [0.2, 0.25) is 0 Å². The van der Waals surface area contributed by atoms with Gasteiger partial charge in [-0.1, -0.05) is 48.6 Å². The molecule has 1 heterocycles. The lowest BCUT2D eigenvalue weighted by molar-refractivity contribution is -0.124. The number of hydrogen-bond donors (Lipinski definition) is 1. The largest absolute Gasteiger partial charge is 0.335 e. The van der Waals surface area contributed by atoms with Crippen LogP contribution in [0.25, 0.3) is 5.57 Å². The van der Waals surface area contributed by atoms with Crippen molar-refractivity contribution in [1.29, 1.82) is 0 Å². The smallest absolute Gasteiger partial charge is 0.254 e. The Kier molecular flexibility index (Phi) is 5.96. The molecule has 0 radical (unpaired) electrons. The lowest BCUT2D eigenvalue weighted by Gasteiger charge is -2.23. The van der Waals surface area contributed by atoms with E-state index in [0.29, 0.717) is 19.1 Å². The Bertz CT molecular complexity index is 542. The number of nitrogens with one attached hydrogen (secondary N) is 1. The second kappa shape index (κ2) is 7.95. The molecule has 1 atom stereocenters. The van der Waals surface area contributed by atoms with Gasteiger partial charge in [0.1, 0.15) is 0 Å². The minimum absolute atomic E-state index is 0.0883. The van der Waals surface area contributed by atoms with Crippen molar-refractivity contribution in [2.45, 2.75) is 32.7 Å². The van der Waals surface area contributed by atoms with Crippen LogP contribution < -0.4 is 5.32 Å². The van der Waals surface area contributed by atoms with Gasteiger partial charge in [0.05, 0.1) is 0 Å². The summed E-state index contributed by atoms with van der Waals surface area (Å²) in [5, 5.41) is 3.44. The van der Waals surface area contributed by atoms with Crippen LogP contribution >= 0.6 is 0 Å². The third-order valence-electron chi connectivity index (χ3n) is 3.91. The van der Waals surface area contributed by atoms with Crippen LogP contribution in [-0.4, -0.2) is 36.5 Å². The third-order valence-corrected chi connectivity index (χ3v) is 3.91. The molecule has 0 aromatic heterocycles. The number of nitrogens with zero attached hydrogens (tertiary/aromatic N) is 1. The highest BCUT2D eigenvalue weighted by molar-refractivity contribution is 6.19. The molecule has 0 aliphatic carbocycles. The molecule has 118 valence electrons. The van der Waals surface area contributed by atoms with Gasteiger partial charge in [0.25, 0.3) is 5.91 Å². The highest BCUT2D eigenvalue weighted by Crippen LogP contribution is 2.21. The van der Waals surface area contributed by atoms with Crippen LogP contribution in [-0.2, 0) is 4.79 Å². The minimum atomic E-state index is 0.0883. The summed E-state index contributed by atoms with van der Waals surface area (Å²) in [7, 11) is 0. The van der Waals surface area contributed by atoms with Crippen LogP contribution in [0.5, 0.6) is 0 Å². The van der Waals surface area contributed by atoms with Crippen LogP contribution in [0, 0.1) is 0 Å². The molecule has 0 saturated carbocycles. The van der Waals surface area contributed by atoms with Gasteiger partial charge in [-0.15, -0.1) is 0 Å². The van der Waals surface area contributed by atoms with Crippen molar-refractivity contribution in [3.63, 3.8) is 0 Å². The summed E-state index contributed by atoms with van der Waals surface area (Å²) in [6.07, 6.45) is 4.36. The van der Waals surface area contributed by atoms with Gasteiger partial charge in [-0.3, -0.25) is 4.79 Å². The molecule has 1 amide bonds. The summed E-state index contributed by atoms with van der Waals surface area (Å²) >= 11 is 0. The predicted molar refractivity (Wildman–Crippen MR) is 92.5 cm³/mol. The molecule has 1 unspecified atom stereocenters. The van der Waals surface area contributed by atoms with E-state index in [1.807, 2.05) is 49.1 Å². The van der Waals surface area contributed by atoms with E-state index < -0.39 is 0 Å². The molecule has 22 heavy (non-hydrogen) atoms. The van der Waals surface area contributed by atoms with E-state index in [0.717, 1.165) is 29.7 Å². The van der Waals surface area contributed by atoms with Gasteiger partial charge in [0.15, 0.2) is 0 Å². The number of carbonyl (C=O) groups excluding carboxylic acids is 1. The molecular weight excluding hydrogens is 272 g/mol. The number of likely N-dealkylation sites (N-methyl/N-ethyl adjacent to an activating group) is 1. The van der Waals surface area contributed by atoms with Gasteiger partial charge < -0.3 is 10.2 Å². The fourth-order valence-electron chi connectivity index (χ4n) is 2.79. The first-order valence-electron chi connectivity index (χ1n) is 8.06. The lowest BCUT2D eigenvalue weighted by atomic mass is 10.0. The van der Waals surface area contributed by atoms with E-state index >= 15 is 0 Å². The van der Waals surface area contributed by atoms with Crippen LogP contribution in [0.15, 0.2) is 48.6 Å². The van der Waals surface area contributed by atoms with E-state index in [2.05, 4.69) is 18.0 Å². The molecule has 1 aliphatic rings.